The third kappa shape index (κ3) is 4.38. The molecule has 0 aliphatic carbocycles. The Morgan fingerprint density at radius 2 is 1.06 bits per heavy atom. The van der Waals surface area contributed by atoms with Gasteiger partial charge >= 0.3 is 7.12 Å². The SMILES string of the molecule is CB1Oc2cc3ccccc3cc2C2=N/C(=C(/c3ccc4ccc5cccc6ccc3c4c56)c3ccc([nH]3)-c3cc4ccccc4cc3O1)C=C2. The van der Waals surface area contributed by atoms with Gasteiger partial charge in [0.15, 0.2) is 0 Å². The lowest BCUT2D eigenvalue weighted by atomic mass is 9.88. The van der Waals surface area contributed by atoms with Gasteiger partial charge < -0.3 is 14.3 Å². The molecule has 8 aromatic carbocycles. The molecule has 0 saturated heterocycles. The first-order valence-corrected chi connectivity index (χ1v) is 17.4. The number of rotatable bonds is 1. The van der Waals surface area contributed by atoms with Crippen molar-refractivity contribution in [3.8, 4) is 22.8 Å². The average molecular weight is 653 g/mol. The number of nitrogens with one attached hydrogen (secondary N) is 1. The summed E-state index contributed by atoms with van der Waals surface area (Å²) in [6.45, 7) is 1.95. The summed E-state index contributed by atoms with van der Waals surface area (Å²) in [5.41, 5.74) is 7.76. The molecule has 4 bridgehead atoms. The zero-order valence-electron chi connectivity index (χ0n) is 27.8. The Kier molecular flexibility index (Phi) is 5.93. The Hall–Kier alpha value is -6.59. The first-order chi connectivity index (χ1) is 25.1. The van der Waals surface area contributed by atoms with E-state index in [0.717, 1.165) is 78.1 Å². The summed E-state index contributed by atoms with van der Waals surface area (Å²) in [6, 6.07) is 49.8. The Bertz CT molecular complexity index is 2990. The summed E-state index contributed by atoms with van der Waals surface area (Å²) < 4.78 is 13.4. The lowest BCUT2D eigenvalue weighted by Gasteiger charge is -2.20. The van der Waals surface area contributed by atoms with Gasteiger partial charge in [0.05, 0.1) is 11.4 Å². The summed E-state index contributed by atoms with van der Waals surface area (Å²) in [4.78, 5) is 9.20. The largest absolute Gasteiger partial charge is 0.591 e. The zero-order chi connectivity index (χ0) is 33.6. The number of fused-ring (bicyclic) bond motifs is 9. The molecule has 0 unspecified atom stereocenters. The van der Waals surface area contributed by atoms with Crippen LogP contribution in [0.4, 0.5) is 0 Å². The maximum atomic E-state index is 6.69. The van der Waals surface area contributed by atoms with E-state index in [1.165, 1.54) is 32.3 Å². The van der Waals surface area contributed by atoms with Crippen molar-refractivity contribution in [2.24, 2.45) is 4.99 Å². The molecule has 238 valence electrons. The topological polar surface area (TPSA) is 46.6 Å². The number of hydrogen-bond acceptors (Lipinski definition) is 3. The molecule has 0 amide bonds. The highest BCUT2D eigenvalue weighted by molar-refractivity contribution is 6.45. The van der Waals surface area contributed by atoms with Gasteiger partial charge in [-0.05, 0) is 115 Å². The summed E-state index contributed by atoms with van der Waals surface area (Å²) in [6.07, 6.45) is 4.25. The van der Waals surface area contributed by atoms with Crippen LogP contribution in [0.5, 0.6) is 11.5 Å². The third-order valence-corrected chi connectivity index (χ3v) is 10.5. The van der Waals surface area contributed by atoms with Crippen LogP contribution in [0.1, 0.15) is 16.8 Å². The number of benzene rings is 8. The van der Waals surface area contributed by atoms with E-state index in [1.807, 2.05) is 6.82 Å². The second-order valence-electron chi connectivity index (χ2n) is 13.5. The van der Waals surface area contributed by atoms with Crippen molar-refractivity contribution >= 4 is 72.3 Å². The normalized spacial score (nSPS) is 15.6. The van der Waals surface area contributed by atoms with Crippen molar-refractivity contribution in [3.05, 3.63) is 174 Å². The fourth-order valence-electron chi connectivity index (χ4n) is 8.15. The third-order valence-electron chi connectivity index (χ3n) is 10.5. The predicted octanol–water partition coefficient (Wildman–Crippen LogP) is 11.6. The Balaban J connectivity index is 1.22. The van der Waals surface area contributed by atoms with Gasteiger partial charge in [-0.15, -0.1) is 0 Å². The number of hydrogen-bond donors (Lipinski definition) is 1. The van der Waals surface area contributed by atoms with Crippen molar-refractivity contribution in [3.63, 3.8) is 0 Å². The summed E-state index contributed by atoms with van der Waals surface area (Å²) in [5, 5.41) is 12.0. The molecule has 0 atom stereocenters. The van der Waals surface area contributed by atoms with E-state index in [4.69, 9.17) is 14.3 Å². The smallest absolute Gasteiger partial charge is 0.525 e. The highest BCUT2D eigenvalue weighted by atomic mass is 16.6. The minimum absolute atomic E-state index is 0.573. The summed E-state index contributed by atoms with van der Waals surface area (Å²) in [7, 11) is -0.573. The molecule has 5 heteroatoms. The molecule has 11 rings (SSSR count). The van der Waals surface area contributed by atoms with Gasteiger partial charge in [-0.1, -0.05) is 103 Å². The number of nitrogens with zero attached hydrogens (tertiary/aromatic N) is 1. The molecule has 3 heterocycles. The van der Waals surface area contributed by atoms with Crippen molar-refractivity contribution in [2.75, 3.05) is 0 Å². The van der Waals surface area contributed by atoms with Crippen LogP contribution in [0.3, 0.4) is 0 Å². The van der Waals surface area contributed by atoms with Gasteiger partial charge in [0.1, 0.15) is 11.5 Å². The van der Waals surface area contributed by atoms with Gasteiger partial charge in [-0.3, -0.25) is 0 Å². The minimum Gasteiger partial charge on any atom is -0.525 e. The molecular weight excluding hydrogens is 623 g/mol. The number of allylic oxidation sites excluding steroid dienone is 2. The van der Waals surface area contributed by atoms with E-state index >= 15 is 0 Å². The fraction of sp³-hybridized carbons (Fsp3) is 0.0217. The number of H-pyrrole nitrogens is 1. The molecule has 2 aliphatic rings. The van der Waals surface area contributed by atoms with E-state index in [0.29, 0.717) is 0 Å². The standard InChI is InChI=1S/C46H29BN2O2/c1-47-50-42-25-32-9-4-2-7-30(32)23-36(42)38-19-21-40(48-38)46(35-18-16-29-14-13-27-11-6-12-28-15-17-34(35)45(29)44(27)28)41-22-20-39(49-41)37-24-31-8-3-5-10-33(31)26-43(37)51-47/h2-26,48H,1H3/b46-41-. The average Bonchev–Trinajstić information content (AvgIpc) is 3.85. The second-order valence-corrected chi connectivity index (χ2v) is 13.5. The minimum atomic E-state index is -0.573. The van der Waals surface area contributed by atoms with E-state index < -0.39 is 7.12 Å². The van der Waals surface area contributed by atoms with Gasteiger partial charge in [0, 0.05) is 28.1 Å². The van der Waals surface area contributed by atoms with Crippen LogP contribution in [0, 0.1) is 0 Å². The van der Waals surface area contributed by atoms with Crippen molar-refractivity contribution in [1.29, 1.82) is 0 Å². The van der Waals surface area contributed by atoms with E-state index in [-0.39, 0.29) is 0 Å². The highest BCUT2D eigenvalue weighted by Crippen LogP contribution is 2.43. The Labute approximate surface area is 294 Å². The molecule has 1 aromatic heterocycles. The summed E-state index contributed by atoms with van der Waals surface area (Å²) >= 11 is 0. The zero-order valence-corrected chi connectivity index (χ0v) is 27.8. The van der Waals surface area contributed by atoms with E-state index in [2.05, 4.69) is 157 Å². The first-order valence-electron chi connectivity index (χ1n) is 17.4. The van der Waals surface area contributed by atoms with Crippen LogP contribution in [0.25, 0.3) is 70.7 Å². The number of aromatic amines is 1. The molecule has 0 fully saturated rings. The van der Waals surface area contributed by atoms with Crippen LogP contribution in [-0.4, -0.2) is 17.8 Å². The maximum Gasteiger partial charge on any atom is 0.591 e. The van der Waals surface area contributed by atoms with Crippen molar-refractivity contribution in [2.45, 2.75) is 6.82 Å². The predicted molar refractivity (Wildman–Crippen MR) is 212 cm³/mol. The lowest BCUT2D eigenvalue weighted by molar-refractivity contribution is 0.432. The maximum absolute atomic E-state index is 6.69. The van der Waals surface area contributed by atoms with Crippen molar-refractivity contribution < 1.29 is 9.31 Å². The Morgan fingerprint density at radius 1 is 0.490 bits per heavy atom. The van der Waals surface area contributed by atoms with Crippen LogP contribution < -0.4 is 9.31 Å². The molecule has 1 N–H and O–H groups in total. The number of aromatic nitrogens is 1. The van der Waals surface area contributed by atoms with Crippen LogP contribution >= 0.6 is 0 Å². The quantitative estimate of drug-likeness (QED) is 0.142. The first kappa shape index (κ1) is 28.3. The molecule has 0 spiro atoms. The highest BCUT2D eigenvalue weighted by Gasteiger charge is 2.26. The monoisotopic (exact) mass is 652 g/mol. The van der Waals surface area contributed by atoms with Gasteiger partial charge in [0.2, 0.25) is 0 Å². The molecular formula is C46H29BN2O2. The number of aliphatic imine (C=N–C) groups is 1. The van der Waals surface area contributed by atoms with Crippen LogP contribution in [0.15, 0.2) is 162 Å². The second kappa shape index (κ2) is 10.7. The van der Waals surface area contributed by atoms with Crippen molar-refractivity contribution in [1.82, 2.24) is 4.98 Å². The fourth-order valence-corrected chi connectivity index (χ4v) is 8.15. The van der Waals surface area contributed by atoms with Crippen LogP contribution in [0.2, 0.25) is 6.82 Å². The van der Waals surface area contributed by atoms with Gasteiger partial charge in [-0.2, -0.15) is 0 Å². The summed E-state index contributed by atoms with van der Waals surface area (Å²) in [5.74, 6) is 1.48. The van der Waals surface area contributed by atoms with E-state index in [9.17, 15) is 0 Å². The molecule has 9 aromatic rings. The van der Waals surface area contributed by atoms with Crippen LogP contribution in [-0.2, 0) is 0 Å². The molecule has 51 heavy (non-hydrogen) atoms. The molecule has 4 nitrogen and oxygen atoms in total. The van der Waals surface area contributed by atoms with Gasteiger partial charge in [-0.25, -0.2) is 4.99 Å². The molecule has 0 saturated carbocycles. The van der Waals surface area contributed by atoms with E-state index in [1.54, 1.807) is 0 Å². The Morgan fingerprint density at radius 3 is 1.78 bits per heavy atom. The van der Waals surface area contributed by atoms with Gasteiger partial charge in [0.25, 0.3) is 0 Å². The molecule has 2 aliphatic heterocycles. The molecule has 0 radical (unpaired) electrons. The lowest BCUT2D eigenvalue weighted by Crippen LogP contribution is -2.26.